The van der Waals surface area contributed by atoms with E-state index in [0.29, 0.717) is 13.2 Å². The van der Waals surface area contributed by atoms with Crippen molar-refractivity contribution in [3.05, 3.63) is 35.9 Å². The fourth-order valence-corrected chi connectivity index (χ4v) is 1.87. The van der Waals surface area contributed by atoms with Crippen LogP contribution in [0.1, 0.15) is 31.3 Å². The molecule has 0 bridgehead atoms. The van der Waals surface area contributed by atoms with Gasteiger partial charge in [-0.05, 0) is 19.4 Å². The summed E-state index contributed by atoms with van der Waals surface area (Å²) >= 11 is 0. The van der Waals surface area contributed by atoms with Gasteiger partial charge in [0, 0.05) is 18.8 Å². The third-order valence-corrected chi connectivity index (χ3v) is 2.82. The van der Waals surface area contributed by atoms with E-state index in [4.69, 9.17) is 9.47 Å². The molecule has 0 aliphatic carbocycles. The van der Waals surface area contributed by atoms with Crippen LogP contribution in [0.15, 0.2) is 24.8 Å². The van der Waals surface area contributed by atoms with Crippen LogP contribution < -0.4 is 5.19 Å². The van der Waals surface area contributed by atoms with E-state index >= 15 is 0 Å². The molecule has 0 aromatic heterocycles. The first-order valence-electron chi connectivity index (χ1n) is 5.44. The van der Waals surface area contributed by atoms with E-state index in [1.807, 2.05) is 32.0 Å². The van der Waals surface area contributed by atoms with Crippen molar-refractivity contribution in [2.45, 2.75) is 20.1 Å². The Morgan fingerprint density at radius 1 is 1.31 bits per heavy atom. The Morgan fingerprint density at radius 2 is 1.94 bits per heavy atom. The first-order chi connectivity index (χ1) is 7.74. The molecule has 0 saturated heterocycles. The number of ether oxygens (including phenoxy) is 2. The normalized spacial score (nSPS) is 10.8. The van der Waals surface area contributed by atoms with Crippen molar-refractivity contribution in [2.75, 3.05) is 13.2 Å². The first-order valence-corrected chi connectivity index (χ1v) is 5.94. The van der Waals surface area contributed by atoms with Crippen molar-refractivity contribution in [1.82, 2.24) is 0 Å². The Kier molecular flexibility index (Phi) is 5.45. The van der Waals surface area contributed by atoms with Crippen LogP contribution in [-0.2, 0) is 9.47 Å². The molecule has 2 nitrogen and oxygen atoms in total. The van der Waals surface area contributed by atoms with Crippen molar-refractivity contribution in [2.24, 2.45) is 0 Å². The van der Waals surface area contributed by atoms with Gasteiger partial charge in [0.05, 0.1) is 10.2 Å². The van der Waals surface area contributed by atoms with E-state index < -0.39 is 0 Å². The Labute approximate surface area is 101 Å². The van der Waals surface area contributed by atoms with Gasteiger partial charge >= 0.3 is 0 Å². The lowest BCUT2D eigenvalue weighted by atomic mass is 10.1. The van der Waals surface area contributed by atoms with E-state index in [0.717, 1.165) is 16.3 Å². The number of hydrogen-bond donors (Lipinski definition) is 0. The third kappa shape index (κ3) is 3.04. The Bertz CT molecular complexity index is 344. The molecule has 0 fully saturated rings. The van der Waals surface area contributed by atoms with Crippen LogP contribution in [0.4, 0.5) is 0 Å². The standard InChI is InChI=1S/C13H17O2Si/c1-4-10-8-7-9-11(12(10)16)13(14-5-2)15-6-3/h4,7-9,13H,1,5-6H2,2-3H3. The maximum atomic E-state index is 5.56. The van der Waals surface area contributed by atoms with Crippen molar-refractivity contribution < 1.29 is 9.47 Å². The lowest BCUT2D eigenvalue weighted by Crippen LogP contribution is -2.21. The van der Waals surface area contributed by atoms with Gasteiger partial charge in [-0.15, -0.1) is 0 Å². The fourth-order valence-electron chi connectivity index (χ4n) is 1.49. The molecule has 85 valence electrons. The van der Waals surface area contributed by atoms with Crippen LogP contribution >= 0.6 is 0 Å². The third-order valence-electron chi connectivity index (χ3n) is 2.24. The summed E-state index contributed by atoms with van der Waals surface area (Å²) in [5, 5.41) is 0.976. The van der Waals surface area contributed by atoms with Gasteiger partial charge in [0.15, 0.2) is 6.29 Å². The summed E-state index contributed by atoms with van der Waals surface area (Å²) in [6.07, 6.45) is 1.49. The highest BCUT2D eigenvalue weighted by molar-refractivity contribution is 6.35. The summed E-state index contributed by atoms with van der Waals surface area (Å²) in [6.45, 7) is 8.92. The predicted molar refractivity (Wildman–Crippen MR) is 67.9 cm³/mol. The smallest absolute Gasteiger partial charge is 0.183 e. The minimum atomic E-state index is -0.317. The van der Waals surface area contributed by atoms with Gasteiger partial charge in [-0.3, -0.25) is 0 Å². The van der Waals surface area contributed by atoms with Crippen LogP contribution in [-0.4, -0.2) is 23.5 Å². The Balaban J connectivity index is 3.03. The second-order valence-electron chi connectivity index (χ2n) is 3.26. The molecule has 1 aromatic carbocycles. The van der Waals surface area contributed by atoms with Crippen LogP contribution in [0.3, 0.4) is 0 Å². The SMILES string of the molecule is C=Cc1cccc(C(OCC)OCC)c1[Si]. The van der Waals surface area contributed by atoms with Gasteiger partial charge in [-0.25, -0.2) is 0 Å². The molecule has 1 rings (SSSR count). The van der Waals surface area contributed by atoms with Crippen LogP contribution in [0.2, 0.25) is 0 Å². The quantitative estimate of drug-likeness (QED) is 0.554. The van der Waals surface area contributed by atoms with Crippen molar-refractivity contribution in [1.29, 1.82) is 0 Å². The highest BCUT2D eigenvalue weighted by Gasteiger charge is 2.14. The molecule has 3 heteroatoms. The van der Waals surface area contributed by atoms with E-state index in [9.17, 15) is 0 Å². The predicted octanol–water partition coefficient (Wildman–Crippen LogP) is 2.19. The highest BCUT2D eigenvalue weighted by Crippen LogP contribution is 2.18. The van der Waals surface area contributed by atoms with Gasteiger partial charge in [-0.2, -0.15) is 0 Å². The molecule has 0 amide bonds. The van der Waals surface area contributed by atoms with Crippen molar-refractivity contribution >= 4 is 21.5 Å². The second kappa shape index (κ2) is 6.63. The summed E-state index contributed by atoms with van der Waals surface area (Å²) in [6, 6.07) is 5.96. The molecule has 0 saturated carbocycles. The zero-order valence-electron chi connectivity index (χ0n) is 9.82. The average Bonchev–Trinajstić information content (AvgIpc) is 2.29. The topological polar surface area (TPSA) is 18.5 Å². The number of hydrogen-bond acceptors (Lipinski definition) is 2. The summed E-state index contributed by atoms with van der Waals surface area (Å²) in [5.74, 6) is 0. The second-order valence-corrected chi connectivity index (χ2v) is 3.76. The van der Waals surface area contributed by atoms with Gasteiger partial charge in [0.1, 0.15) is 0 Å². The summed E-state index contributed by atoms with van der Waals surface area (Å²) in [7, 11) is 3.61. The number of benzene rings is 1. The van der Waals surface area contributed by atoms with Gasteiger partial charge < -0.3 is 9.47 Å². The lowest BCUT2D eigenvalue weighted by molar-refractivity contribution is -0.139. The van der Waals surface area contributed by atoms with Gasteiger partial charge in [0.25, 0.3) is 0 Å². The zero-order valence-corrected chi connectivity index (χ0v) is 10.8. The molecule has 0 unspecified atom stereocenters. The molecule has 3 radical (unpaired) electrons. The molecular weight excluding hydrogens is 216 g/mol. The molecule has 0 atom stereocenters. The maximum Gasteiger partial charge on any atom is 0.183 e. The molecule has 0 spiro atoms. The van der Waals surface area contributed by atoms with Gasteiger partial charge in [0.2, 0.25) is 0 Å². The van der Waals surface area contributed by atoms with E-state index in [1.165, 1.54) is 0 Å². The number of rotatable bonds is 6. The van der Waals surface area contributed by atoms with Crippen molar-refractivity contribution in [3.63, 3.8) is 0 Å². The molecule has 0 heterocycles. The van der Waals surface area contributed by atoms with Crippen molar-refractivity contribution in [3.8, 4) is 0 Å². The monoisotopic (exact) mass is 233 g/mol. The summed E-state index contributed by atoms with van der Waals surface area (Å²) in [5.41, 5.74) is 2.04. The molecule has 1 aromatic rings. The Hall–Kier alpha value is -0.903. The molecule has 0 aliphatic heterocycles. The lowest BCUT2D eigenvalue weighted by Gasteiger charge is -2.20. The first kappa shape index (κ1) is 13.2. The van der Waals surface area contributed by atoms with E-state index in [2.05, 4.69) is 16.8 Å². The van der Waals surface area contributed by atoms with Crippen LogP contribution in [0.25, 0.3) is 6.08 Å². The fraction of sp³-hybridized carbons (Fsp3) is 0.385. The minimum absolute atomic E-state index is 0.317. The van der Waals surface area contributed by atoms with Crippen LogP contribution in [0.5, 0.6) is 0 Å². The highest BCUT2D eigenvalue weighted by atomic mass is 28.1. The zero-order chi connectivity index (χ0) is 12.0. The molecule has 0 aliphatic rings. The largest absolute Gasteiger partial charge is 0.349 e. The van der Waals surface area contributed by atoms with E-state index in [-0.39, 0.29) is 6.29 Å². The van der Waals surface area contributed by atoms with Crippen LogP contribution in [0, 0.1) is 0 Å². The average molecular weight is 233 g/mol. The Morgan fingerprint density at radius 3 is 2.44 bits per heavy atom. The summed E-state index contributed by atoms with van der Waals surface area (Å²) in [4.78, 5) is 0. The molecular formula is C13H17O2Si. The van der Waals surface area contributed by atoms with Gasteiger partial charge in [-0.1, -0.05) is 36.0 Å². The molecule has 0 N–H and O–H groups in total. The molecule has 16 heavy (non-hydrogen) atoms. The van der Waals surface area contributed by atoms with E-state index in [1.54, 1.807) is 6.08 Å². The maximum absolute atomic E-state index is 5.56. The summed E-state index contributed by atoms with van der Waals surface area (Å²) < 4.78 is 11.1. The minimum Gasteiger partial charge on any atom is -0.349 e.